The van der Waals surface area contributed by atoms with E-state index < -0.39 is 0 Å². The van der Waals surface area contributed by atoms with Crippen LogP contribution in [0.25, 0.3) is 0 Å². The first-order valence-corrected chi connectivity index (χ1v) is 10.5. The lowest BCUT2D eigenvalue weighted by Crippen LogP contribution is -2.13. The van der Waals surface area contributed by atoms with Gasteiger partial charge in [-0.15, -0.1) is 0 Å². The SMILES string of the molecule is CCCCCC(=O)Oc1ccc([C@H]2CC[C@H](CCCCC)CC2)cc1. The molecule has 1 aliphatic carbocycles. The van der Waals surface area contributed by atoms with Gasteiger partial charge >= 0.3 is 5.97 Å². The van der Waals surface area contributed by atoms with E-state index in [2.05, 4.69) is 26.0 Å². The number of hydrogen-bond donors (Lipinski definition) is 0. The average molecular weight is 345 g/mol. The van der Waals surface area contributed by atoms with Crippen LogP contribution in [0.4, 0.5) is 0 Å². The van der Waals surface area contributed by atoms with E-state index in [9.17, 15) is 4.79 Å². The normalized spacial score (nSPS) is 20.4. The third-order valence-electron chi connectivity index (χ3n) is 5.63. The zero-order valence-electron chi connectivity index (χ0n) is 16.3. The van der Waals surface area contributed by atoms with Crippen molar-refractivity contribution < 1.29 is 9.53 Å². The van der Waals surface area contributed by atoms with E-state index in [0.717, 1.165) is 25.2 Å². The van der Waals surface area contributed by atoms with Crippen LogP contribution < -0.4 is 4.74 Å². The minimum Gasteiger partial charge on any atom is -0.427 e. The molecule has 140 valence electrons. The molecular formula is C23H36O2. The van der Waals surface area contributed by atoms with Gasteiger partial charge in [0.05, 0.1) is 0 Å². The highest BCUT2D eigenvalue weighted by molar-refractivity contribution is 5.72. The van der Waals surface area contributed by atoms with E-state index in [1.807, 2.05) is 12.1 Å². The third kappa shape index (κ3) is 7.22. The molecule has 25 heavy (non-hydrogen) atoms. The predicted octanol–water partition coefficient (Wildman–Crippen LogP) is 7.03. The van der Waals surface area contributed by atoms with E-state index in [-0.39, 0.29) is 5.97 Å². The first-order valence-electron chi connectivity index (χ1n) is 10.5. The number of ether oxygens (including phenoxy) is 1. The minimum atomic E-state index is -0.103. The lowest BCUT2D eigenvalue weighted by atomic mass is 9.77. The van der Waals surface area contributed by atoms with Gasteiger partial charge in [0.1, 0.15) is 5.75 Å². The molecule has 2 nitrogen and oxygen atoms in total. The zero-order chi connectivity index (χ0) is 17.9. The van der Waals surface area contributed by atoms with Crippen LogP contribution in [0.15, 0.2) is 24.3 Å². The molecule has 0 bridgehead atoms. The number of unbranched alkanes of at least 4 members (excludes halogenated alkanes) is 4. The highest BCUT2D eigenvalue weighted by atomic mass is 16.5. The van der Waals surface area contributed by atoms with Crippen molar-refractivity contribution in [3.05, 3.63) is 29.8 Å². The van der Waals surface area contributed by atoms with Crippen molar-refractivity contribution in [2.45, 2.75) is 96.8 Å². The second-order valence-corrected chi connectivity index (χ2v) is 7.71. The lowest BCUT2D eigenvalue weighted by molar-refractivity contribution is -0.134. The third-order valence-corrected chi connectivity index (χ3v) is 5.63. The van der Waals surface area contributed by atoms with E-state index in [1.54, 1.807) is 0 Å². The van der Waals surface area contributed by atoms with Crippen LogP contribution in [0.1, 0.15) is 102 Å². The first-order chi connectivity index (χ1) is 12.2. The molecule has 2 rings (SSSR count). The van der Waals surface area contributed by atoms with Crippen molar-refractivity contribution in [3.63, 3.8) is 0 Å². The highest BCUT2D eigenvalue weighted by Crippen LogP contribution is 2.38. The molecule has 2 heteroatoms. The summed E-state index contributed by atoms with van der Waals surface area (Å²) in [7, 11) is 0. The molecule has 0 atom stereocenters. The molecule has 1 aliphatic rings. The summed E-state index contributed by atoms with van der Waals surface area (Å²) in [6.07, 6.45) is 14.6. The number of esters is 1. The summed E-state index contributed by atoms with van der Waals surface area (Å²) in [6, 6.07) is 8.27. The molecule has 0 aliphatic heterocycles. The van der Waals surface area contributed by atoms with Crippen LogP contribution in [0, 0.1) is 5.92 Å². The van der Waals surface area contributed by atoms with Gasteiger partial charge in [0.15, 0.2) is 0 Å². The number of hydrogen-bond acceptors (Lipinski definition) is 2. The molecule has 0 amide bonds. The number of carbonyl (C=O) groups is 1. The summed E-state index contributed by atoms with van der Waals surface area (Å²) in [5.74, 6) is 2.23. The van der Waals surface area contributed by atoms with Gasteiger partial charge in [-0.1, -0.05) is 64.5 Å². The van der Waals surface area contributed by atoms with Gasteiger partial charge < -0.3 is 4.74 Å². The summed E-state index contributed by atoms with van der Waals surface area (Å²) < 4.78 is 5.44. The van der Waals surface area contributed by atoms with Gasteiger partial charge in [0, 0.05) is 6.42 Å². The second-order valence-electron chi connectivity index (χ2n) is 7.71. The van der Waals surface area contributed by atoms with Crippen LogP contribution in [-0.4, -0.2) is 5.97 Å². The Morgan fingerprint density at radius 2 is 1.56 bits per heavy atom. The fourth-order valence-electron chi connectivity index (χ4n) is 3.98. The summed E-state index contributed by atoms with van der Waals surface area (Å²) in [4.78, 5) is 11.8. The van der Waals surface area contributed by atoms with Crippen molar-refractivity contribution in [2.24, 2.45) is 5.92 Å². The smallest absolute Gasteiger partial charge is 0.311 e. The summed E-state index contributed by atoms with van der Waals surface area (Å²) in [5, 5.41) is 0. The Morgan fingerprint density at radius 3 is 2.20 bits per heavy atom. The van der Waals surface area contributed by atoms with Crippen LogP contribution >= 0.6 is 0 Å². The molecule has 0 unspecified atom stereocenters. The van der Waals surface area contributed by atoms with Crippen LogP contribution in [0.2, 0.25) is 0 Å². The molecule has 0 heterocycles. The predicted molar refractivity (Wildman–Crippen MR) is 105 cm³/mol. The molecule has 0 spiro atoms. The monoisotopic (exact) mass is 344 g/mol. The van der Waals surface area contributed by atoms with Crippen molar-refractivity contribution >= 4 is 5.97 Å². The molecule has 1 aromatic rings. The largest absolute Gasteiger partial charge is 0.427 e. The topological polar surface area (TPSA) is 26.3 Å². The fraction of sp³-hybridized carbons (Fsp3) is 0.696. The molecule has 1 saturated carbocycles. The van der Waals surface area contributed by atoms with Crippen molar-refractivity contribution in [2.75, 3.05) is 0 Å². The molecule has 0 aromatic heterocycles. The Morgan fingerprint density at radius 1 is 0.920 bits per heavy atom. The Hall–Kier alpha value is -1.31. The van der Waals surface area contributed by atoms with Gasteiger partial charge in [0.2, 0.25) is 0 Å². The first kappa shape index (κ1) is 20.0. The molecular weight excluding hydrogens is 308 g/mol. The van der Waals surface area contributed by atoms with E-state index in [4.69, 9.17) is 4.74 Å². The maximum atomic E-state index is 11.8. The van der Waals surface area contributed by atoms with E-state index >= 15 is 0 Å². The number of benzene rings is 1. The van der Waals surface area contributed by atoms with Crippen molar-refractivity contribution in [3.8, 4) is 5.75 Å². The van der Waals surface area contributed by atoms with E-state index in [0.29, 0.717) is 18.1 Å². The van der Waals surface area contributed by atoms with Crippen LogP contribution in [0.3, 0.4) is 0 Å². The summed E-state index contributed by atoms with van der Waals surface area (Å²) >= 11 is 0. The Bertz CT molecular complexity index is 483. The Balaban J connectivity index is 1.74. The number of rotatable bonds is 10. The average Bonchev–Trinajstić information content (AvgIpc) is 2.63. The maximum absolute atomic E-state index is 11.8. The maximum Gasteiger partial charge on any atom is 0.311 e. The van der Waals surface area contributed by atoms with E-state index in [1.165, 1.54) is 56.9 Å². The van der Waals surface area contributed by atoms with Gasteiger partial charge in [-0.05, 0) is 61.6 Å². The molecule has 0 N–H and O–H groups in total. The number of carbonyl (C=O) groups excluding carboxylic acids is 1. The van der Waals surface area contributed by atoms with Crippen molar-refractivity contribution in [1.29, 1.82) is 0 Å². The van der Waals surface area contributed by atoms with Gasteiger partial charge in [-0.2, -0.15) is 0 Å². The van der Waals surface area contributed by atoms with Crippen molar-refractivity contribution in [1.82, 2.24) is 0 Å². The lowest BCUT2D eigenvalue weighted by Gasteiger charge is -2.29. The minimum absolute atomic E-state index is 0.103. The zero-order valence-corrected chi connectivity index (χ0v) is 16.3. The standard InChI is InChI=1S/C23H36O2/c1-3-5-7-9-19-11-13-20(14-12-19)21-15-17-22(18-16-21)25-23(24)10-8-6-4-2/h15-20H,3-14H2,1-2H3/t19-,20-. The summed E-state index contributed by atoms with van der Waals surface area (Å²) in [6.45, 7) is 4.42. The summed E-state index contributed by atoms with van der Waals surface area (Å²) in [5.41, 5.74) is 1.41. The van der Waals surface area contributed by atoms with Crippen LogP contribution in [0.5, 0.6) is 5.75 Å². The Labute approximate surface area is 154 Å². The molecule has 0 saturated heterocycles. The fourth-order valence-corrected chi connectivity index (χ4v) is 3.98. The molecule has 1 fully saturated rings. The van der Waals surface area contributed by atoms with Gasteiger partial charge in [0.25, 0.3) is 0 Å². The van der Waals surface area contributed by atoms with Gasteiger partial charge in [-0.3, -0.25) is 4.79 Å². The molecule has 1 aromatic carbocycles. The highest BCUT2D eigenvalue weighted by Gasteiger charge is 2.22. The van der Waals surface area contributed by atoms with Crippen LogP contribution in [-0.2, 0) is 4.79 Å². The Kier molecular flexibility index (Phi) is 9.07. The second kappa shape index (κ2) is 11.3. The quantitative estimate of drug-likeness (QED) is 0.259. The van der Waals surface area contributed by atoms with Gasteiger partial charge in [-0.25, -0.2) is 0 Å². The molecule has 0 radical (unpaired) electrons.